The van der Waals surface area contributed by atoms with Crippen LogP contribution >= 0.6 is 0 Å². The lowest BCUT2D eigenvalue weighted by atomic mass is 10.1. The zero-order chi connectivity index (χ0) is 10.9. The van der Waals surface area contributed by atoms with E-state index in [-0.39, 0.29) is 6.42 Å². The van der Waals surface area contributed by atoms with Crippen LogP contribution in [0.3, 0.4) is 0 Å². The number of primary sulfonamides is 1. The van der Waals surface area contributed by atoms with Gasteiger partial charge in [0.15, 0.2) is 0 Å². The fourth-order valence-electron chi connectivity index (χ4n) is 1.63. The van der Waals surface area contributed by atoms with Gasteiger partial charge in [0.2, 0.25) is 4.93 Å². The topological polar surface area (TPSA) is 69.4 Å². The molecular formula is C10H11NO3S. The number of benzene rings is 1. The van der Waals surface area contributed by atoms with Crippen LogP contribution in [0.15, 0.2) is 42.7 Å². The summed E-state index contributed by atoms with van der Waals surface area (Å²) in [6.45, 7) is 0. The highest BCUT2D eigenvalue weighted by Gasteiger charge is 2.46. The Morgan fingerprint density at radius 1 is 1.27 bits per heavy atom. The zero-order valence-electron chi connectivity index (χ0n) is 7.96. The molecular weight excluding hydrogens is 214 g/mol. The van der Waals surface area contributed by atoms with Crippen molar-refractivity contribution in [2.45, 2.75) is 11.4 Å². The highest BCUT2D eigenvalue weighted by Crippen LogP contribution is 2.37. The van der Waals surface area contributed by atoms with Gasteiger partial charge in [-0.2, -0.15) is 0 Å². The predicted octanol–water partition coefficient (Wildman–Crippen LogP) is 1.06. The molecule has 0 radical (unpaired) electrons. The van der Waals surface area contributed by atoms with Gasteiger partial charge in [-0.1, -0.05) is 30.3 Å². The van der Waals surface area contributed by atoms with Crippen molar-refractivity contribution in [2.24, 2.45) is 5.14 Å². The van der Waals surface area contributed by atoms with Crippen molar-refractivity contribution in [2.75, 3.05) is 0 Å². The number of sulfonamides is 1. The summed E-state index contributed by atoms with van der Waals surface area (Å²) in [6.07, 6.45) is 3.27. The molecule has 0 saturated carbocycles. The third kappa shape index (κ3) is 1.53. The maximum absolute atomic E-state index is 11.6. The van der Waals surface area contributed by atoms with Crippen molar-refractivity contribution in [3.63, 3.8) is 0 Å². The molecule has 1 aliphatic heterocycles. The van der Waals surface area contributed by atoms with E-state index >= 15 is 0 Å². The fraction of sp³-hybridized carbons (Fsp3) is 0.200. The number of hydrogen-bond acceptors (Lipinski definition) is 3. The van der Waals surface area contributed by atoms with Crippen LogP contribution < -0.4 is 5.14 Å². The van der Waals surface area contributed by atoms with Crippen molar-refractivity contribution < 1.29 is 13.2 Å². The molecule has 0 saturated heterocycles. The standard InChI is InChI=1S/C10H11NO3S/c11-15(12,13)10(7-4-8-14-10)9-5-2-1-3-6-9/h1-6,8H,7H2,(H2,11,12,13). The lowest BCUT2D eigenvalue weighted by Gasteiger charge is -2.26. The lowest BCUT2D eigenvalue weighted by molar-refractivity contribution is 0.123. The molecule has 2 N–H and O–H groups in total. The first-order valence-corrected chi connectivity index (χ1v) is 6.02. The van der Waals surface area contributed by atoms with Crippen molar-refractivity contribution in [1.82, 2.24) is 0 Å². The summed E-state index contributed by atoms with van der Waals surface area (Å²) in [4.78, 5) is -1.44. The van der Waals surface area contributed by atoms with Gasteiger partial charge in [0, 0.05) is 12.0 Å². The minimum Gasteiger partial charge on any atom is -0.473 e. The van der Waals surface area contributed by atoms with Crippen molar-refractivity contribution in [1.29, 1.82) is 0 Å². The maximum atomic E-state index is 11.6. The van der Waals surface area contributed by atoms with Crippen LogP contribution in [0.25, 0.3) is 0 Å². The summed E-state index contributed by atoms with van der Waals surface area (Å²) >= 11 is 0. The van der Waals surface area contributed by atoms with Crippen molar-refractivity contribution >= 4 is 10.0 Å². The second-order valence-corrected chi connectivity index (χ2v) is 5.11. The van der Waals surface area contributed by atoms with E-state index in [1.54, 1.807) is 30.3 Å². The minimum atomic E-state index is -3.80. The Balaban J connectivity index is 2.55. The van der Waals surface area contributed by atoms with Crippen LogP contribution in [0, 0.1) is 0 Å². The van der Waals surface area contributed by atoms with E-state index in [4.69, 9.17) is 9.88 Å². The summed E-state index contributed by atoms with van der Waals surface area (Å²) in [7, 11) is -3.80. The summed E-state index contributed by atoms with van der Waals surface area (Å²) in [5.74, 6) is 0. The molecule has 1 unspecified atom stereocenters. The predicted molar refractivity (Wildman–Crippen MR) is 56.1 cm³/mol. The second-order valence-electron chi connectivity index (χ2n) is 3.36. The van der Waals surface area contributed by atoms with Crippen LogP contribution in [-0.2, 0) is 19.7 Å². The van der Waals surface area contributed by atoms with Crippen molar-refractivity contribution in [3.05, 3.63) is 48.2 Å². The largest absolute Gasteiger partial charge is 0.473 e. The minimum absolute atomic E-state index is 0.246. The van der Waals surface area contributed by atoms with E-state index in [2.05, 4.69) is 0 Å². The number of nitrogens with two attached hydrogens (primary N) is 1. The fourth-order valence-corrected chi connectivity index (χ4v) is 2.62. The van der Waals surface area contributed by atoms with Crippen LogP contribution in [0.4, 0.5) is 0 Å². The molecule has 1 aromatic rings. The first kappa shape index (κ1) is 10.2. The molecule has 0 amide bonds. The first-order chi connectivity index (χ1) is 7.06. The Labute approximate surface area is 88.4 Å². The molecule has 4 nitrogen and oxygen atoms in total. The van der Waals surface area contributed by atoms with Gasteiger partial charge >= 0.3 is 0 Å². The van der Waals surface area contributed by atoms with E-state index in [0.29, 0.717) is 5.56 Å². The van der Waals surface area contributed by atoms with E-state index in [9.17, 15) is 8.42 Å². The Morgan fingerprint density at radius 2 is 1.93 bits per heavy atom. The molecule has 0 aliphatic carbocycles. The third-order valence-electron chi connectivity index (χ3n) is 2.41. The van der Waals surface area contributed by atoms with Gasteiger partial charge in [0.1, 0.15) is 0 Å². The summed E-state index contributed by atoms with van der Waals surface area (Å²) in [5, 5.41) is 5.21. The Hall–Kier alpha value is -1.33. The molecule has 80 valence electrons. The summed E-state index contributed by atoms with van der Waals surface area (Å²) in [6, 6.07) is 8.70. The monoisotopic (exact) mass is 225 g/mol. The van der Waals surface area contributed by atoms with E-state index in [1.807, 2.05) is 6.07 Å². The van der Waals surface area contributed by atoms with Gasteiger partial charge < -0.3 is 4.74 Å². The highest BCUT2D eigenvalue weighted by molar-refractivity contribution is 7.90. The van der Waals surface area contributed by atoms with Gasteiger partial charge in [0.05, 0.1) is 6.26 Å². The average molecular weight is 225 g/mol. The molecule has 1 heterocycles. The zero-order valence-corrected chi connectivity index (χ0v) is 8.78. The number of ether oxygens (including phenoxy) is 1. The van der Waals surface area contributed by atoms with Crippen LogP contribution in [0.5, 0.6) is 0 Å². The maximum Gasteiger partial charge on any atom is 0.255 e. The number of rotatable bonds is 2. The molecule has 0 aromatic heterocycles. The van der Waals surface area contributed by atoms with Crippen LogP contribution in [0.1, 0.15) is 12.0 Å². The van der Waals surface area contributed by atoms with Gasteiger partial charge in [-0.25, -0.2) is 13.6 Å². The van der Waals surface area contributed by atoms with E-state index in [1.165, 1.54) is 6.26 Å². The van der Waals surface area contributed by atoms with E-state index in [0.717, 1.165) is 0 Å². The molecule has 5 heteroatoms. The second kappa shape index (κ2) is 3.36. The number of hydrogen-bond donors (Lipinski definition) is 1. The average Bonchev–Trinajstić information content (AvgIpc) is 2.68. The highest BCUT2D eigenvalue weighted by atomic mass is 32.2. The Bertz CT molecular complexity index is 471. The lowest BCUT2D eigenvalue weighted by Crippen LogP contribution is -2.40. The van der Waals surface area contributed by atoms with Crippen LogP contribution in [0.2, 0.25) is 0 Å². The van der Waals surface area contributed by atoms with Gasteiger partial charge in [-0.15, -0.1) is 0 Å². The molecule has 1 aromatic carbocycles. The summed E-state index contributed by atoms with van der Waals surface area (Å²) in [5.41, 5.74) is 0.553. The normalized spacial score (nSPS) is 25.1. The first-order valence-electron chi connectivity index (χ1n) is 4.47. The smallest absolute Gasteiger partial charge is 0.255 e. The molecule has 1 atom stereocenters. The molecule has 0 spiro atoms. The molecule has 15 heavy (non-hydrogen) atoms. The SMILES string of the molecule is NS(=O)(=O)C1(c2ccccc2)CC=CO1. The molecule has 1 aliphatic rings. The Kier molecular flexibility index (Phi) is 2.28. The van der Waals surface area contributed by atoms with Gasteiger partial charge in [0.25, 0.3) is 10.0 Å². The van der Waals surface area contributed by atoms with Crippen molar-refractivity contribution in [3.8, 4) is 0 Å². The van der Waals surface area contributed by atoms with E-state index < -0.39 is 15.0 Å². The quantitative estimate of drug-likeness (QED) is 0.818. The molecule has 2 rings (SSSR count). The Morgan fingerprint density at radius 3 is 2.40 bits per heavy atom. The molecule has 0 bridgehead atoms. The van der Waals surface area contributed by atoms with Gasteiger partial charge in [-0.3, -0.25) is 0 Å². The van der Waals surface area contributed by atoms with Gasteiger partial charge in [-0.05, 0) is 6.08 Å². The third-order valence-corrected chi connectivity index (χ3v) is 3.83. The summed E-state index contributed by atoms with van der Waals surface area (Å²) < 4.78 is 28.3. The molecule has 0 fully saturated rings. The van der Waals surface area contributed by atoms with Crippen LogP contribution in [-0.4, -0.2) is 8.42 Å².